The highest BCUT2D eigenvalue weighted by Gasteiger charge is 2.31. The predicted octanol–water partition coefficient (Wildman–Crippen LogP) is 5.49. The average Bonchev–Trinajstić information content (AvgIpc) is 2.36. The molecule has 0 N–H and O–H groups in total. The summed E-state index contributed by atoms with van der Waals surface area (Å²) in [5.41, 5.74) is -0.461. The predicted molar refractivity (Wildman–Crippen MR) is 68.0 cm³/mol. The van der Waals surface area contributed by atoms with Crippen molar-refractivity contribution in [2.24, 2.45) is 0 Å². The lowest BCUT2D eigenvalue weighted by Gasteiger charge is -2.04. The molecule has 0 atom stereocenters. The number of pyridine rings is 1. The minimum absolute atomic E-state index is 0.375. The van der Waals surface area contributed by atoms with Crippen molar-refractivity contribution in [3.63, 3.8) is 0 Å². The van der Waals surface area contributed by atoms with E-state index < -0.39 is 11.9 Å². The Morgan fingerprint density at radius 1 is 0.882 bits per heavy atom. The summed E-state index contributed by atoms with van der Waals surface area (Å²) in [6.07, 6.45) is -4.33. The van der Waals surface area contributed by atoms with Gasteiger partial charge in [-0.25, -0.2) is 4.98 Å². The second kappa shape index (κ2) is 13.0. The third kappa shape index (κ3) is 11.2. The van der Waals surface area contributed by atoms with Crippen LogP contribution in [0.3, 0.4) is 0 Å². The number of aryl methyl sites for hydroxylation is 1. The van der Waals surface area contributed by atoms with Gasteiger partial charge in [-0.2, -0.15) is 13.2 Å². The van der Waals surface area contributed by atoms with Gasteiger partial charge in [0.1, 0.15) is 5.69 Å². The second-order valence-corrected chi connectivity index (χ2v) is 2.16. The maximum atomic E-state index is 11.9. The molecule has 0 radical (unpaired) electrons. The normalized spacial score (nSPS) is 8.59. The summed E-state index contributed by atoms with van der Waals surface area (Å²) < 4.78 is 35.7. The molecule has 1 nitrogen and oxygen atoms in total. The lowest BCUT2D eigenvalue weighted by molar-refractivity contribution is -0.141. The standard InChI is InChI=1S/C7H6F3N.3C2H6/c1-5-3-2-4-6(11-5)7(8,9)10;3*1-2/h2-4H,1H3;3*1-2H3. The van der Waals surface area contributed by atoms with Crippen molar-refractivity contribution < 1.29 is 13.2 Å². The summed E-state index contributed by atoms with van der Waals surface area (Å²) in [5, 5.41) is 0. The Bertz CT molecular complexity index is 257. The molecule has 0 amide bonds. The molecule has 0 bridgehead atoms. The molecular weight excluding hydrogens is 227 g/mol. The molecule has 0 saturated heterocycles. The number of hydrogen-bond donors (Lipinski definition) is 0. The fourth-order valence-corrected chi connectivity index (χ4v) is 0.701. The summed E-state index contributed by atoms with van der Waals surface area (Å²) in [6, 6.07) is 3.81. The van der Waals surface area contributed by atoms with E-state index in [-0.39, 0.29) is 0 Å². The van der Waals surface area contributed by atoms with Crippen LogP contribution in [-0.2, 0) is 6.18 Å². The molecular formula is C13H24F3N. The highest BCUT2D eigenvalue weighted by atomic mass is 19.4. The van der Waals surface area contributed by atoms with Crippen LogP contribution in [0.25, 0.3) is 0 Å². The number of aromatic nitrogens is 1. The molecule has 0 fully saturated rings. The maximum Gasteiger partial charge on any atom is 0.433 e. The van der Waals surface area contributed by atoms with Crippen LogP contribution >= 0.6 is 0 Å². The first-order valence-corrected chi connectivity index (χ1v) is 6.01. The van der Waals surface area contributed by atoms with E-state index in [9.17, 15) is 13.2 Å². The van der Waals surface area contributed by atoms with Crippen molar-refractivity contribution in [3.05, 3.63) is 29.6 Å². The summed E-state index contributed by atoms with van der Waals surface area (Å²) in [5.74, 6) is 0. The molecule has 1 heterocycles. The summed E-state index contributed by atoms with van der Waals surface area (Å²) in [4.78, 5) is 3.32. The van der Waals surface area contributed by atoms with Crippen molar-refractivity contribution in [1.82, 2.24) is 4.98 Å². The van der Waals surface area contributed by atoms with Gasteiger partial charge in [0.2, 0.25) is 0 Å². The molecule has 17 heavy (non-hydrogen) atoms. The number of hydrogen-bond acceptors (Lipinski definition) is 1. The van der Waals surface area contributed by atoms with Gasteiger partial charge in [0.25, 0.3) is 0 Å². The molecule has 102 valence electrons. The van der Waals surface area contributed by atoms with E-state index in [0.29, 0.717) is 5.69 Å². The molecule has 0 aliphatic heterocycles. The lowest BCUT2D eigenvalue weighted by atomic mass is 10.3. The molecule has 0 unspecified atom stereocenters. The minimum Gasteiger partial charge on any atom is -0.249 e. The maximum absolute atomic E-state index is 11.9. The van der Waals surface area contributed by atoms with E-state index in [2.05, 4.69) is 4.98 Å². The zero-order valence-electron chi connectivity index (χ0n) is 11.8. The summed E-state index contributed by atoms with van der Waals surface area (Å²) in [6.45, 7) is 13.5. The smallest absolute Gasteiger partial charge is 0.249 e. The average molecular weight is 251 g/mol. The fraction of sp³-hybridized carbons (Fsp3) is 0.615. The molecule has 1 aromatic heterocycles. The van der Waals surface area contributed by atoms with Crippen molar-refractivity contribution in [3.8, 4) is 0 Å². The van der Waals surface area contributed by atoms with Gasteiger partial charge < -0.3 is 0 Å². The van der Waals surface area contributed by atoms with Crippen LogP contribution in [0, 0.1) is 6.92 Å². The topological polar surface area (TPSA) is 12.9 Å². The van der Waals surface area contributed by atoms with Gasteiger partial charge in [-0.15, -0.1) is 0 Å². The van der Waals surface area contributed by atoms with Crippen LogP contribution in [0.4, 0.5) is 13.2 Å². The molecule has 0 saturated carbocycles. The van der Waals surface area contributed by atoms with E-state index in [1.54, 1.807) is 0 Å². The van der Waals surface area contributed by atoms with Gasteiger partial charge in [0.05, 0.1) is 0 Å². The summed E-state index contributed by atoms with van der Waals surface area (Å²) in [7, 11) is 0. The zero-order valence-corrected chi connectivity index (χ0v) is 11.8. The Balaban J connectivity index is -0.000000285. The van der Waals surface area contributed by atoms with E-state index in [1.165, 1.54) is 19.1 Å². The number of halogens is 3. The Kier molecular flexibility index (Phi) is 16.3. The van der Waals surface area contributed by atoms with E-state index >= 15 is 0 Å². The largest absolute Gasteiger partial charge is 0.433 e. The van der Waals surface area contributed by atoms with Crippen molar-refractivity contribution in [1.29, 1.82) is 0 Å². The highest BCUT2D eigenvalue weighted by Crippen LogP contribution is 2.27. The van der Waals surface area contributed by atoms with E-state index in [0.717, 1.165) is 6.07 Å². The first kappa shape index (κ1) is 21.2. The SMILES string of the molecule is CC.CC.CC.Cc1cccc(C(F)(F)F)n1. The quantitative estimate of drug-likeness (QED) is 0.594. The highest BCUT2D eigenvalue weighted by molar-refractivity contribution is 5.12. The van der Waals surface area contributed by atoms with Gasteiger partial charge in [0.15, 0.2) is 0 Å². The Morgan fingerprint density at radius 3 is 1.53 bits per heavy atom. The van der Waals surface area contributed by atoms with Crippen LogP contribution in [0.1, 0.15) is 52.9 Å². The fourth-order valence-electron chi connectivity index (χ4n) is 0.701. The van der Waals surface area contributed by atoms with Crippen LogP contribution in [0.2, 0.25) is 0 Å². The molecule has 1 rings (SSSR count). The third-order valence-electron chi connectivity index (χ3n) is 1.18. The zero-order chi connectivity index (χ0) is 14.5. The number of nitrogens with zero attached hydrogens (tertiary/aromatic N) is 1. The third-order valence-corrected chi connectivity index (χ3v) is 1.18. The minimum atomic E-state index is -4.33. The monoisotopic (exact) mass is 251 g/mol. The van der Waals surface area contributed by atoms with Crippen LogP contribution in [0.15, 0.2) is 18.2 Å². The van der Waals surface area contributed by atoms with Crippen molar-refractivity contribution >= 4 is 0 Å². The van der Waals surface area contributed by atoms with Crippen molar-refractivity contribution in [2.45, 2.75) is 54.6 Å². The van der Waals surface area contributed by atoms with Gasteiger partial charge in [-0.05, 0) is 19.1 Å². The van der Waals surface area contributed by atoms with Crippen LogP contribution < -0.4 is 0 Å². The van der Waals surface area contributed by atoms with Gasteiger partial charge in [-0.3, -0.25) is 0 Å². The van der Waals surface area contributed by atoms with Crippen LogP contribution in [0.5, 0.6) is 0 Å². The molecule has 1 aromatic rings. The second-order valence-electron chi connectivity index (χ2n) is 2.16. The molecule has 0 spiro atoms. The Morgan fingerprint density at radius 2 is 1.29 bits per heavy atom. The van der Waals surface area contributed by atoms with Gasteiger partial charge >= 0.3 is 6.18 Å². The first-order valence-electron chi connectivity index (χ1n) is 6.01. The lowest BCUT2D eigenvalue weighted by Crippen LogP contribution is -2.07. The molecule has 0 aliphatic carbocycles. The Labute approximate surface area is 103 Å². The van der Waals surface area contributed by atoms with E-state index in [4.69, 9.17) is 0 Å². The van der Waals surface area contributed by atoms with E-state index in [1.807, 2.05) is 41.5 Å². The van der Waals surface area contributed by atoms with Crippen LogP contribution in [-0.4, -0.2) is 4.98 Å². The number of rotatable bonds is 0. The number of alkyl halides is 3. The molecule has 0 aromatic carbocycles. The van der Waals surface area contributed by atoms with Crippen molar-refractivity contribution in [2.75, 3.05) is 0 Å². The molecule has 0 aliphatic rings. The summed E-state index contributed by atoms with van der Waals surface area (Å²) >= 11 is 0. The van der Waals surface area contributed by atoms with Gasteiger partial charge in [-0.1, -0.05) is 47.6 Å². The van der Waals surface area contributed by atoms with Gasteiger partial charge in [0, 0.05) is 5.69 Å². The Hall–Kier alpha value is -1.06. The first-order chi connectivity index (χ1) is 8.00. The molecule has 4 heteroatoms.